The number of halogens is 2. The van der Waals surface area contributed by atoms with Crippen LogP contribution in [0.15, 0.2) is 29.2 Å². The molecule has 174 valence electrons. The maximum Gasteiger partial charge on any atom is 0.257 e. The molecule has 2 aromatic rings. The summed E-state index contributed by atoms with van der Waals surface area (Å²) in [6.07, 6.45) is 1.68. The summed E-state index contributed by atoms with van der Waals surface area (Å²) in [5.74, 6) is -2.10. The van der Waals surface area contributed by atoms with E-state index in [4.69, 9.17) is 4.74 Å². The molecule has 4 aliphatic rings. The number of carbonyl (C=O) groups excluding carboxylic acids is 1. The van der Waals surface area contributed by atoms with Gasteiger partial charge in [-0.2, -0.15) is 0 Å². The van der Waals surface area contributed by atoms with Gasteiger partial charge in [0.25, 0.3) is 5.91 Å². The quantitative estimate of drug-likeness (QED) is 0.647. The molecule has 2 bridgehead atoms. The molecule has 1 saturated heterocycles. The topological polar surface area (TPSA) is 104 Å². The zero-order chi connectivity index (χ0) is 23.2. The van der Waals surface area contributed by atoms with Crippen molar-refractivity contribution in [3.05, 3.63) is 63.1 Å². The van der Waals surface area contributed by atoms with E-state index in [-0.39, 0.29) is 35.5 Å². The number of nitrogens with one attached hydrogen (secondary N) is 1. The molecule has 0 spiro atoms. The van der Waals surface area contributed by atoms with Gasteiger partial charge in [0.05, 0.1) is 18.7 Å². The number of hydrogen-bond acceptors (Lipinski definition) is 6. The minimum absolute atomic E-state index is 0.0385. The van der Waals surface area contributed by atoms with Crippen LogP contribution in [0, 0.1) is 23.5 Å². The Bertz CT molecular complexity index is 1230. The average Bonchev–Trinajstić information content (AvgIpc) is 3.51. The van der Waals surface area contributed by atoms with E-state index in [0.717, 1.165) is 18.9 Å². The number of aromatic nitrogens is 1. The lowest BCUT2D eigenvalue weighted by Gasteiger charge is -2.48. The minimum atomic E-state index is -1.23. The highest BCUT2D eigenvalue weighted by atomic mass is 19.1. The van der Waals surface area contributed by atoms with Gasteiger partial charge < -0.3 is 24.8 Å². The second-order valence-electron chi connectivity index (χ2n) is 9.44. The zero-order valence-electron chi connectivity index (χ0n) is 17.7. The Morgan fingerprint density at radius 2 is 2.06 bits per heavy atom. The molecule has 1 aromatic carbocycles. The molecule has 6 rings (SSSR count). The van der Waals surface area contributed by atoms with Gasteiger partial charge in [-0.15, -0.1) is 0 Å². The van der Waals surface area contributed by atoms with E-state index in [1.807, 2.05) is 4.90 Å². The van der Waals surface area contributed by atoms with Crippen LogP contribution >= 0.6 is 0 Å². The van der Waals surface area contributed by atoms with E-state index in [0.29, 0.717) is 17.9 Å². The monoisotopic (exact) mass is 459 g/mol. The van der Waals surface area contributed by atoms with Gasteiger partial charge in [0.2, 0.25) is 5.43 Å². The molecular formula is C23H23F2N3O5. The third-order valence-corrected chi connectivity index (χ3v) is 7.58. The van der Waals surface area contributed by atoms with E-state index in [1.165, 1.54) is 23.8 Å². The molecule has 33 heavy (non-hydrogen) atoms. The summed E-state index contributed by atoms with van der Waals surface area (Å²) in [4.78, 5) is 27.5. The summed E-state index contributed by atoms with van der Waals surface area (Å²) < 4.78 is 34.9. The molecule has 0 radical (unpaired) electrons. The van der Waals surface area contributed by atoms with Crippen molar-refractivity contribution in [3.8, 4) is 5.75 Å². The highest BCUT2D eigenvalue weighted by molar-refractivity contribution is 5.94. The van der Waals surface area contributed by atoms with Crippen LogP contribution in [-0.2, 0) is 11.3 Å². The van der Waals surface area contributed by atoms with Gasteiger partial charge in [0.15, 0.2) is 12.0 Å². The number of benzene rings is 1. The van der Waals surface area contributed by atoms with E-state index >= 15 is 0 Å². The van der Waals surface area contributed by atoms with Crippen molar-refractivity contribution in [2.75, 3.05) is 0 Å². The summed E-state index contributed by atoms with van der Waals surface area (Å²) in [7, 11) is 0. The fourth-order valence-electron chi connectivity index (χ4n) is 5.92. The van der Waals surface area contributed by atoms with Gasteiger partial charge >= 0.3 is 0 Å². The van der Waals surface area contributed by atoms with Gasteiger partial charge in [-0.25, -0.2) is 13.7 Å². The maximum absolute atomic E-state index is 14.1. The molecule has 2 aliphatic heterocycles. The number of aromatic hydroxyl groups is 1. The van der Waals surface area contributed by atoms with Gasteiger partial charge in [-0.1, -0.05) is 6.07 Å². The Balaban J connectivity index is 1.31. The lowest BCUT2D eigenvalue weighted by molar-refractivity contribution is -0.222. The molecule has 2 unspecified atom stereocenters. The first-order valence-corrected chi connectivity index (χ1v) is 11.1. The highest BCUT2D eigenvalue weighted by Gasteiger charge is 2.63. The number of nitrogens with zero attached hydrogens (tertiary/aromatic N) is 2. The predicted octanol–water partition coefficient (Wildman–Crippen LogP) is 1.76. The van der Waals surface area contributed by atoms with Crippen LogP contribution in [0.4, 0.5) is 8.78 Å². The highest BCUT2D eigenvalue weighted by Crippen LogP contribution is 2.59. The lowest BCUT2D eigenvalue weighted by Crippen LogP contribution is -2.57. The first-order chi connectivity index (χ1) is 15.7. The lowest BCUT2D eigenvalue weighted by atomic mass is 10.0. The molecule has 1 aromatic heterocycles. The summed E-state index contributed by atoms with van der Waals surface area (Å²) in [6, 6.07) is 2.30. The fraction of sp³-hybridized carbons (Fsp3) is 0.478. The van der Waals surface area contributed by atoms with Crippen molar-refractivity contribution in [1.29, 1.82) is 0 Å². The number of aliphatic hydroxyl groups excluding tert-OH is 1. The average molecular weight is 459 g/mol. The maximum atomic E-state index is 14.1. The number of fused-ring (bicyclic) bond motifs is 8. The van der Waals surface area contributed by atoms with Crippen molar-refractivity contribution >= 4 is 5.91 Å². The molecule has 3 N–H and O–H groups in total. The summed E-state index contributed by atoms with van der Waals surface area (Å²) in [6.45, 7) is 1.75. The Kier molecular flexibility index (Phi) is 4.46. The predicted molar refractivity (Wildman–Crippen MR) is 110 cm³/mol. The van der Waals surface area contributed by atoms with Crippen LogP contribution in [0.2, 0.25) is 0 Å². The molecule has 3 heterocycles. The molecule has 3 fully saturated rings. The summed E-state index contributed by atoms with van der Waals surface area (Å²) in [5, 5.41) is 24.2. The van der Waals surface area contributed by atoms with Crippen LogP contribution in [0.5, 0.6) is 5.75 Å². The van der Waals surface area contributed by atoms with Crippen LogP contribution in [-0.4, -0.2) is 44.0 Å². The van der Waals surface area contributed by atoms with E-state index in [1.54, 1.807) is 0 Å². The summed E-state index contributed by atoms with van der Waals surface area (Å²) in [5.41, 5.74) is -1.17. The van der Waals surface area contributed by atoms with Crippen LogP contribution in [0.3, 0.4) is 0 Å². The van der Waals surface area contributed by atoms with E-state index in [9.17, 15) is 28.6 Å². The van der Waals surface area contributed by atoms with Gasteiger partial charge in [0, 0.05) is 23.9 Å². The standard InChI is InChI=1S/C23H23F2N3O5/c1-9(11-3-2-10(24)4-15(11)25)26-22(31)14-7-27-8-18-28(23(32)19(27)21(30)20(14)29)16-6-17(33-18)13-5-12(13)16/h2-4,7,9,12-13,16-18,23,30,32H,5-6,8H2,1H3,(H,26,31)/t9-,12+,13-,16?,17-,18+,23?/m1/s1. The molecule has 2 saturated carbocycles. The third-order valence-electron chi connectivity index (χ3n) is 7.58. The number of amides is 1. The van der Waals surface area contributed by atoms with Crippen LogP contribution in [0.25, 0.3) is 0 Å². The minimum Gasteiger partial charge on any atom is -0.503 e. The number of rotatable bonds is 3. The van der Waals surface area contributed by atoms with Crippen molar-refractivity contribution in [2.45, 2.75) is 57.0 Å². The number of aliphatic hydroxyl groups is 1. The second-order valence-corrected chi connectivity index (χ2v) is 9.44. The van der Waals surface area contributed by atoms with Crippen molar-refractivity contribution in [3.63, 3.8) is 0 Å². The van der Waals surface area contributed by atoms with Crippen molar-refractivity contribution < 1.29 is 28.5 Å². The molecule has 8 nitrogen and oxygen atoms in total. The van der Waals surface area contributed by atoms with Gasteiger partial charge in [0.1, 0.15) is 29.1 Å². The Labute approximate surface area is 187 Å². The molecule has 10 heteroatoms. The third kappa shape index (κ3) is 3.04. The first-order valence-electron chi connectivity index (χ1n) is 11.1. The Hall–Kier alpha value is -2.82. The zero-order valence-corrected chi connectivity index (χ0v) is 17.7. The number of hydrogen-bond donors (Lipinski definition) is 3. The molecule has 2 aliphatic carbocycles. The SMILES string of the molecule is C[C@@H](NC(=O)c1cn2c(c(O)c1=O)C(O)N1C3C[C@@H](O[C@H]1C2)[C@@H]1C[C@H]31)c1ccc(F)cc1F. The molecular weight excluding hydrogens is 436 g/mol. The first kappa shape index (κ1) is 20.8. The van der Waals surface area contributed by atoms with Crippen molar-refractivity contribution in [1.82, 2.24) is 14.8 Å². The number of carbonyl (C=O) groups is 1. The Morgan fingerprint density at radius 1 is 1.27 bits per heavy atom. The second kappa shape index (κ2) is 7.09. The number of pyridine rings is 1. The van der Waals surface area contributed by atoms with Crippen LogP contribution < -0.4 is 10.7 Å². The Morgan fingerprint density at radius 3 is 2.82 bits per heavy atom. The van der Waals surface area contributed by atoms with Crippen LogP contribution in [0.1, 0.15) is 53.7 Å². The molecule has 1 amide bonds. The smallest absolute Gasteiger partial charge is 0.257 e. The van der Waals surface area contributed by atoms with Crippen molar-refractivity contribution in [2.24, 2.45) is 11.8 Å². The van der Waals surface area contributed by atoms with E-state index < -0.39 is 47.2 Å². The molecule has 7 atom stereocenters. The largest absolute Gasteiger partial charge is 0.503 e. The fourth-order valence-corrected chi connectivity index (χ4v) is 5.92. The van der Waals surface area contributed by atoms with E-state index in [2.05, 4.69) is 5.32 Å². The normalized spacial score (nSPS) is 32.5. The van der Waals surface area contributed by atoms with Gasteiger partial charge in [-0.3, -0.25) is 9.59 Å². The van der Waals surface area contributed by atoms with Gasteiger partial charge in [-0.05, 0) is 37.7 Å². The summed E-state index contributed by atoms with van der Waals surface area (Å²) >= 11 is 0. The number of ether oxygens (including phenoxy) is 1.